The van der Waals surface area contributed by atoms with E-state index >= 15 is 0 Å². The molecule has 0 radical (unpaired) electrons. The number of hydrogen-bond donors (Lipinski definition) is 3. The number of benzene rings is 2. The van der Waals surface area contributed by atoms with E-state index in [1.54, 1.807) is 12.1 Å². The summed E-state index contributed by atoms with van der Waals surface area (Å²) in [7, 11) is 0. The van der Waals surface area contributed by atoms with Crippen molar-refractivity contribution >= 4 is 11.8 Å². The highest BCUT2D eigenvalue weighted by Crippen LogP contribution is 2.63. The molecule has 4 aromatic rings. The first-order valence-electron chi connectivity index (χ1n) is 14.0. The van der Waals surface area contributed by atoms with Gasteiger partial charge < -0.3 is 16.2 Å². The number of aliphatic hydroxyl groups is 1. The number of hydrogen-bond acceptors (Lipinski definition) is 5. The van der Waals surface area contributed by atoms with Crippen LogP contribution in [0.3, 0.4) is 0 Å². The zero-order valence-corrected chi connectivity index (χ0v) is 23.3. The van der Waals surface area contributed by atoms with Gasteiger partial charge in [-0.05, 0) is 66.6 Å². The second-order valence-electron chi connectivity index (χ2n) is 11.2. The number of amides is 2. The molecule has 4 unspecified atom stereocenters. The fourth-order valence-corrected chi connectivity index (χ4v) is 6.13. The van der Waals surface area contributed by atoms with Crippen LogP contribution in [-0.4, -0.2) is 31.7 Å². The number of primary amides is 1. The number of aliphatic hydroxyl groups excluding tert-OH is 1. The average Bonchev–Trinajstić information content (AvgIpc) is 3.58. The number of carbonyl (C=O) groups excluding carboxylic acids is 2. The highest BCUT2D eigenvalue weighted by Gasteiger charge is 2.58. The average molecular weight is 630 g/mol. The number of carbonyl (C=O) groups is 2. The predicted octanol–water partition coefficient (Wildman–Crippen LogP) is 5.12. The van der Waals surface area contributed by atoms with Gasteiger partial charge in [0.25, 0.3) is 5.91 Å². The topological polar surface area (TPSA) is 123 Å². The number of nitrogens with zero attached hydrogens (tertiary/aromatic N) is 3. The first-order chi connectivity index (χ1) is 21.3. The summed E-state index contributed by atoms with van der Waals surface area (Å²) < 4.78 is 84.3. The number of halogens is 6. The monoisotopic (exact) mass is 629 g/mol. The van der Waals surface area contributed by atoms with Crippen molar-refractivity contribution in [1.82, 2.24) is 20.1 Å². The molecule has 2 aromatic heterocycles. The molecular weight excluding hydrogens is 604 g/mol. The van der Waals surface area contributed by atoms with E-state index in [1.165, 1.54) is 18.3 Å². The third kappa shape index (κ3) is 5.89. The van der Waals surface area contributed by atoms with Crippen LogP contribution < -0.4 is 11.1 Å². The van der Waals surface area contributed by atoms with Crippen LogP contribution in [0.25, 0.3) is 11.1 Å². The molecule has 4 atom stereocenters. The fraction of sp³-hybridized carbons (Fsp3) is 0.290. The van der Waals surface area contributed by atoms with E-state index in [1.807, 2.05) is 0 Å². The highest BCUT2D eigenvalue weighted by molar-refractivity contribution is 5.94. The Kier molecular flexibility index (Phi) is 7.63. The molecule has 0 aliphatic heterocycles. The van der Waals surface area contributed by atoms with Crippen LogP contribution in [0.2, 0.25) is 0 Å². The molecule has 45 heavy (non-hydrogen) atoms. The van der Waals surface area contributed by atoms with Crippen molar-refractivity contribution < 1.29 is 41.0 Å². The summed E-state index contributed by atoms with van der Waals surface area (Å²) >= 11 is 0. The van der Waals surface area contributed by atoms with E-state index in [4.69, 9.17) is 5.73 Å². The maximum atomic E-state index is 14.2. The molecule has 0 bridgehead atoms. The zero-order valence-electron chi connectivity index (χ0n) is 23.3. The van der Waals surface area contributed by atoms with Crippen LogP contribution >= 0.6 is 0 Å². The van der Waals surface area contributed by atoms with Crippen molar-refractivity contribution in [3.8, 4) is 11.1 Å². The molecule has 2 aliphatic carbocycles. The number of rotatable bonds is 9. The zero-order chi connectivity index (χ0) is 32.2. The number of nitrogens with two attached hydrogens (primary N) is 1. The van der Waals surface area contributed by atoms with Crippen molar-refractivity contribution in [2.75, 3.05) is 0 Å². The Hall–Kier alpha value is -4.72. The van der Waals surface area contributed by atoms with Crippen molar-refractivity contribution in [1.29, 1.82) is 0 Å². The van der Waals surface area contributed by atoms with Gasteiger partial charge in [0.2, 0.25) is 5.91 Å². The summed E-state index contributed by atoms with van der Waals surface area (Å²) in [6.45, 7) is -0.607. The van der Waals surface area contributed by atoms with Crippen LogP contribution in [-0.2, 0) is 23.9 Å². The van der Waals surface area contributed by atoms with E-state index < -0.39 is 59.8 Å². The number of alkyl halides is 3. The van der Waals surface area contributed by atoms with Crippen molar-refractivity contribution in [3.05, 3.63) is 106 Å². The Labute approximate surface area is 251 Å². The standard InChI is InChI=1S/C31H25F6N5O3/c32-16-8-14(9-17(33)11-16)3-6-23(26-18(2-1-7-39-26)15-4-5-22(34)21(10-15)30(38)45)40-24(43)13-42-27-19-12-20(19)28(44)25(27)29(41-42)31(35,36)37/h1-2,4-5,7-11,19-20,23,28,44H,3,6,12-13H2,(H2,38,45)(H,40,43). The van der Waals surface area contributed by atoms with Crippen molar-refractivity contribution in [2.24, 2.45) is 11.7 Å². The van der Waals surface area contributed by atoms with Gasteiger partial charge in [0.15, 0.2) is 5.69 Å². The third-order valence-electron chi connectivity index (χ3n) is 8.17. The number of aryl methyl sites for hydroxylation is 1. The number of aromatic nitrogens is 3. The first-order valence-corrected chi connectivity index (χ1v) is 14.0. The molecule has 0 spiro atoms. The van der Waals surface area contributed by atoms with Gasteiger partial charge in [-0.1, -0.05) is 12.1 Å². The van der Waals surface area contributed by atoms with Crippen LogP contribution in [0.15, 0.2) is 54.7 Å². The summed E-state index contributed by atoms with van der Waals surface area (Å²) in [6.07, 6.45) is -4.17. The lowest BCUT2D eigenvalue weighted by Gasteiger charge is -2.22. The van der Waals surface area contributed by atoms with Gasteiger partial charge in [0, 0.05) is 35.0 Å². The fourth-order valence-electron chi connectivity index (χ4n) is 6.13. The van der Waals surface area contributed by atoms with E-state index in [2.05, 4.69) is 15.4 Å². The first kappa shape index (κ1) is 30.3. The van der Waals surface area contributed by atoms with Crippen molar-refractivity contribution in [3.63, 3.8) is 0 Å². The quantitative estimate of drug-likeness (QED) is 0.222. The smallest absolute Gasteiger partial charge is 0.388 e. The van der Waals surface area contributed by atoms with Crippen LogP contribution in [0.5, 0.6) is 0 Å². The minimum atomic E-state index is -4.84. The minimum absolute atomic E-state index is 0.0386. The lowest BCUT2D eigenvalue weighted by atomic mass is 9.94. The predicted molar refractivity (Wildman–Crippen MR) is 147 cm³/mol. The second-order valence-corrected chi connectivity index (χ2v) is 11.2. The molecule has 2 amide bonds. The van der Waals surface area contributed by atoms with Crippen LogP contribution in [0, 0.1) is 23.4 Å². The lowest BCUT2D eigenvalue weighted by Crippen LogP contribution is -2.33. The summed E-state index contributed by atoms with van der Waals surface area (Å²) in [4.78, 5) is 29.6. The molecule has 2 aliphatic rings. The normalized spacial score (nSPS) is 19.1. The molecule has 1 saturated carbocycles. The second kappa shape index (κ2) is 11.3. The molecule has 234 valence electrons. The Morgan fingerprint density at radius 3 is 2.51 bits per heavy atom. The van der Waals surface area contributed by atoms with Gasteiger partial charge in [0.1, 0.15) is 24.0 Å². The summed E-state index contributed by atoms with van der Waals surface area (Å²) in [5.74, 6) is -4.90. The van der Waals surface area contributed by atoms with E-state index in [-0.39, 0.29) is 52.8 Å². The molecule has 8 nitrogen and oxygen atoms in total. The van der Waals surface area contributed by atoms with E-state index in [0.717, 1.165) is 22.9 Å². The van der Waals surface area contributed by atoms with Gasteiger partial charge in [-0.25, -0.2) is 13.2 Å². The molecular formula is C31H25F6N5O3. The minimum Gasteiger partial charge on any atom is -0.388 e. The molecule has 0 saturated heterocycles. The molecule has 6 rings (SSSR count). The number of nitrogens with one attached hydrogen (secondary N) is 1. The van der Waals surface area contributed by atoms with Crippen molar-refractivity contribution in [2.45, 2.75) is 50.0 Å². The maximum absolute atomic E-state index is 14.2. The Bertz CT molecular complexity index is 1800. The highest BCUT2D eigenvalue weighted by atomic mass is 19.4. The van der Waals surface area contributed by atoms with Gasteiger partial charge >= 0.3 is 6.18 Å². The van der Waals surface area contributed by atoms with Crippen LogP contribution in [0.1, 0.15) is 69.5 Å². The molecule has 4 N–H and O–H groups in total. The van der Waals surface area contributed by atoms with E-state index in [0.29, 0.717) is 23.6 Å². The molecule has 2 aromatic carbocycles. The van der Waals surface area contributed by atoms with Gasteiger partial charge in [-0.15, -0.1) is 0 Å². The number of pyridine rings is 1. The van der Waals surface area contributed by atoms with Gasteiger partial charge in [0.05, 0.1) is 23.4 Å². The molecule has 14 heteroatoms. The van der Waals surface area contributed by atoms with Gasteiger partial charge in [-0.3, -0.25) is 19.3 Å². The molecule has 1 fully saturated rings. The molecule has 2 heterocycles. The summed E-state index contributed by atoms with van der Waals surface area (Å²) in [5.41, 5.74) is 4.78. The Morgan fingerprint density at radius 1 is 1.09 bits per heavy atom. The number of fused-ring (bicyclic) bond motifs is 3. The maximum Gasteiger partial charge on any atom is 0.435 e. The SMILES string of the molecule is NC(=O)c1cc(-c2cccnc2C(CCc2cc(F)cc(F)c2)NC(=O)Cn2nc(C(F)(F)F)c3c2C2CC2C3O)ccc1F. The largest absolute Gasteiger partial charge is 0.435 e. The Balaban J connectivity index is 1.34. The van der Waals surface area contributed by atoms with Gasteiger partial charge in [-0.2, -0.15) is 18.3 Å². The van der Waals surface area contributed by atoms with Crippen LogP contribution in [0.4, 0.5) is 26.3 Å². The summed E-state index contributed by atoms with van der Waals surface area (Å²) in [5, 5.41) is 16.9. The lowest BCUT2D eigenvalue weighted by molar-refractivity contribution is -0.143. The van der Waals surface area contributed by atoms with E-state index in [9.17, 15) is 41.0 Å². The third-order valence-corrected chi connectivity index (χ3v) is 8.17. The summed E-state index contributed by atoms with van der Waals surface area (Å²) in [6, 6.07) is 8.82. The Morgan fingerprint density at radius 2 is 1.82 bits per heavy atom.